The summed E-state index contributed by atoms with van der Waals surface area (Å²) in [5, 5.41) is 0. The number of imide groups is 1. The molecule has 0 N–H and O–H groups in total. The van der Waals surface area contributed by atoms with Crippen LogP contribution in [0, 0.1) is 0 Å². The highest BCUT2D eigenvalue weighted by molar-refractivity contribution is 6.37. The van der Waals surface area contributed by atoms with E-state index in [1.165, 1.54) is 4.90 Å². The Hall–Kier alpha value is -1.39. The zero-order valence-corrected chi connectivity index (χ0v) is 6.82. The van der Waals surface area contributed by atoms with Crippen molar-refractivity contribution in [3.63, 3.8) is 0 Å². The second-order valence-corrected chi connectivity index (χ2v) is 2.49. The van der Waals surface area contributed by atoms with Gasteiger partial charge in [0, 0.05) is 19.6 Å². The van der Waals surface area contributed by atoms with Gasteiger partial charge in [0.15, 0.2) is 0 Å². The third-order valence-corrected chi connectivity index (χ3v) is 1.85. The topological polar surface area (TPSA) is 57.7 Å². The molecule has 0 atom stereocenters. The number of rotatable bonds is 2. The van der Waals surface area contributed by atoms with Crippen molar-refractivity contribution in [3.05, 3.63) is 0 Å². The summed E-state index contributed by atoms with van der Waals surface area (Å²) in [6.45, 7) is 3.06. The number of likely N-dealkylation sites (N-methyl/N-ethyl adjacent to an activating group) is 1. The first kappa shape index (κ1) is 8.70. The van der Waals surface area contributed by atoms with Gasteiger partial charge in [-0.05, 0) is 6.92 Å². The van der Waals surface area contributed by atoms with Crippen LogP contribution in [0.1, 0.15) is 6.92 Å². The summed E-state index contributed by atoms with van der Waals surface area (Å²) < 4.78 is 0. The molecular weight excluding hydrogens is 160 g/mol. The molecule has 0 aromatic rings. The zero-order chi connectivity index (χ0) is 9.14. The molecule has 1 aliphatic rings. The van der Waals surface area contributed by atoms with Gasteiger partial charge in [-0.2, -0.15) is 0 Å². The monoisotopic (exact) mass is 170 g/mol. The van der Waals surface area contributed by atoms with Gasteiger partial charge in [0.1, 0.15) is 0 Å². The van der Waals surface area contributed by atoms with Crippen molar-refractivity contribution in [3.8, 4) is 0 Å². The molecule has 0 saturated carbocycles. The van der Waals surface area contributed by atoms with Crippen molar-refractivity contribution in [2.75, 3.05) is 19.6 Å². The van der Waals surface area contributed by atoms with Crippen LogP contribution in [-0.2, 0) is 14.4 Å². The van der Waals surface area contributed by atoms with Crippen molar-refractivity contribution < 1.29 is 14.4 Å². The molecule has 5 heteroatoms. The Kier molecular flexibility index (Phi) is 2.42. The Morgan fingerprint density at radius 1 is 1.33 bits per heavy atom. The van der Waals surface area contributed by atoms with Crippen molar-refractivity contribution in [1.82, 2.24) is 9.80 Å². The number of nitrogens with zero attached hydrogens (tertiary/aromatic N) is 2. The average Bonchev–Trinajstić information content (AvgIpc) is 2.10. The molecule has 0 aromatic heterocycles. The maximum Gasteiger partial charge on any atom is 0.318 e. The summed E-state index contributed by atoms with van der Waals surface area (Å²) in [6.07, 6.45) is 0.396. The average molecular weight is 170 g/mol. The van der Waals surface area contributed by atoms with E-state index in [1.807, 2.05) is 0 Å². The molecule has 1 aliphatic heterocycles. The fourth-order valence-electron chi connectivity index (χ4n) is 1.09. The van der Waals surface area contributed by atoms with E-state index in [0.29, 0.717) is 26.0 Å². The van der Waals surface area contributed by atoms with E-state index in [9.17, 15) is 14.4 Å². The first-order chi connectivity index (χ1) is 5.70. The Bertz CT molecular complexity index is 227. The summed E-state index contributed by atoms with van der Waals surface area (Å²) in [4.78, 5) is 34.7. The van der Waals surface area contributed by atoms with Gasteiger partial charge in [-0.1, -0.05) is 0 Å². The van der Waals surface area contributed by atoms with E-state index in [1.54, 1.807) is 6.92 Å². The third-order valence-electron chi connectivity index (χ3n) is 1.85. The van der Waals surface area contributed by atoms with Gasteiger partial charge in [0.2, 0.25) is 6.41 Å². The minimum absolute atomic E-state index is 0.307. The summed E-state index contributed by atoms with van der Waals surface area (Å²) in [5.74, 6) is -1.31. The first-order valence-electron chi connectivity index (χ1n) is 3.76. The van der Waals surface area contributed by atoms with Crippen LogP contribution >= 0.6 is 0 Å². The summed E-state index contributed by atoms with van der Waals surface area (Å²) in [6, 6.07) is 0. The van der Waals surface area contributed by atoms with E-state index < -0.39 is 11.8 Å². The fraction of sp³-hybridized carbons (Fsp3) is 0.571. The van der Waals surface area contributed by atoms with Crippen molar-refractivity contribution in [1.29, 1.82) is 0 Å². The number of piperazine rings is 1. The highest BCUT2D eigenvalue weighted by atomic mass is 16.2. The molecule has 3 amide bonds. The quantitative estimate of drug-likeness (QED) is 0.387. The summed E-state index contributed by atoms with van der Waals surface area (Å²) in [5.41, 5.74) is 0. The molecule has 66 valence electrons. The van der Waals surface area contributed by atoms with E-state index in [2.05, 4.69) is 0 Å². The van der Waals surface area contributed by atoms with Crippen LogP contribution in [0.2, 0.25) is 0 Å². The van der Waals surface area contributed by atoms with E-state index in [4.69, 9.17) is 0 Å². The predicted molar refractivity (Wildman–Crippen MR) is 40.0 cm³/mol. The van der Waals surface area contributed by atoms with E-state index in [-0.39, 0.29) is 0 Å². The smallest absolute Gasteiger partial charge is 0.318 e. The first-order valence-corrected chi connectivity index (χ1v) is 3.76. The molecule has 0 bridgehead atoms. The van der Waals surface area contributed by atoms with Crippen LogP contribution in [0.5, 0.6) is 0 Å². The van der Waals surface area contributed by atoms with Gasteiger partial charge >= 0.3 is 11.8 Å². The van der Waals surface area contributed by atoms with Crippen LogP contribution in [0.3, 0.4) is 0 Å². The molecule has 1 heterocycles. The van der Waals surface area contributed by atoms with Crippen LogP contribution < -0.4 is 0 Å². The molecule has 5 nitrogen and oxygen atoms in total. The van der Waals surface area contributed by atoms with Gasteiger partial charge in [-0.15, -0.1) is 0 Å². The second-order valence-electron chi connectivity index (χ2n) is 2.49. The summed E-state index contributed by atoms with van der Waals surface area (Å²) in [7, 11) is 0. The standard InChI is InChI=1S/C7H10N2O3/c1-2-8-3-4-9(5-10)7(12)6(8)11/h5H,2-4H2,1H3. The normalized spacial score (nSPS) is 18.4. The molecular formula is C7H10N2O3. The van der Waals surface area contributed by atoms with Crippen molar-refractivity contribution in [2.24, 2.45) is 0 Å². The number of hydrogen-bond acceptors (Lipinski definition) is 3. The lowest BCUT2D eigenvalue weighted by Crippen LogP contribution is -2.53. The van der Waals surface area contributed by atoms with Crippen LogP contribution in [0.4, 0.5) is 0 Å². The van der Waals surface area contributed by atoms with Gasteiger partial charge in [0.25, 0.3) is 0 Å². The number of carbonyl (C=O) groups excluding carboxylic acids is 3. The predicted octanol–water partition coefficient (Wildman–Crippen LogP) is -1.17. The van der Waals surface area contributed by atoms with E-state index in [0.717, 1.165) is 4.90 Å². The Balaban J connectivity index is 2.72. The van der Waals surface area contributed by atoms with E-state index >= 15 is 0 Å². The maximum absolute atomic E-state index is 11.1. The Morgan fingerprint density at radius 2 is 2.00 bits per heavy atom. The number of hydrogen-bond donors (Lipinski definition) is 0. The molecule has 1 fully saturated rings. The van der Waals surface area contributed by atoms with Gasteiger partial charge < -0.3 is 4.90 Å². The number of amides is 3. The number of carbonyl (C=O) groups is 3. The highest BCUT2D eigenvalue weighted by Crippen LogP contribution is 2.01. The lowest BCUT2D eigenvalue weighted by molar-refractivity contribution is -0.157. The minimum atomic E-state index is -0.724. The second kappa shape index (κ2) is 3.34. The van der Waals surface area contributed by atoms with Crippen LogP contribution in [0.15, 0.2) is 0 Å². The zero-order valence-electron chi connectivity index (χ0n) is 6.82. The molecule has 0 radical (unpaired) electrons. The molecule has 12 heavy (non-hydrogen) atoms. The largest absolute Gasteiger partial charge is 0.333 e. The van der Waals surface area contributed by atoms with Gasteiger partial charge in [-0.3, -0.25) is 19.3 Å². The van der Waals surface area contributed by atoms with Crippen molar-refractivity contribution in [2.45, 2.75) is 6.92 Å². The maximum atomic E-state index is 11.1. The molecule has 0 aliphatic carbocycles. The molecule has 1 rings (SSSR count). The van der Waals surface area contributed by atoms with Crippen molar-refractivity contribution >= 4 is 18.2 Å². The molecule has 0 spiro atoms. The van der Waals surface area contributed by atoms with Crippen LogP contribution in [-0.4, -0.2) is 47.7 Å². The van der Waals surface area contributed by atoms with Crippen LogP contribution in [0.25, 0.3) is 0 Å². The SMILES string of the molecule is CCN1CCN(C=O)C(=O)C1=O. The highest BCUT2D eigenvalue weighted by Gasteiger charge is 2.30. The van der Waals surface area contributed by atoms with Gasteiger partial charge in [-0.25, -0.2) is 0 Å². The summed E-state index contributed by atoms with van der Waals surface area (Å²) >= 11 is 0. The molecule has 0 unspecified atom stereocenters. The Labute approximate surface area is 69.9 Å². The lowest BCUT2D eigenvalue weighted by Gasteiger charge is -2.29. The van der Waals surface area contributed by atoms with Gasteiger partial charge in [0.05, 0.1) is 0 Å². The fourth-order valence-corrected chi connectivity index (χ4v) is 1.09. The third kappa shape index (κ3) is 1.30. The lowest BCUT2D eigenvalue weighted by atomic mass is 10.3. The Morgan fingerprint density at radius 3 is 2.50 bits per heavy atom. The molecule has 0 aromatic carbocycles. The minimum Gasteiger partial charge on any atom is -0.333 e. The molecule has 1 saturated heterocycles.